The number of para-hydroxylation sites is 1. The highest BCUT2D eigenvalue weighted by Gasteiger charge is 2.53. The number of nitrogens with one attached hydrogen (secondary N) is 1. The summed E-state index contributed by atoms with van der Waals surface area (Å²) in [5.41, 5.74) is 2.64. The maximum absolute atomic E-state index is 13.6. The van der Waals surface area contributed by atoms with Crippen molar-refractivity contribution >= 4 is 61.5 Å². The monoisotopic (exact) mass is 597 g/mol. The zero-order valence-corrected chi connectivity index (χ0v) is 24.1. The molecule has 3 aromatic rings. The normalized spacial score (nSPS) is 17.6. The summed E-state index contributed by atoms with van der Waals surface area (Å²) in [4.78, 5) is 19.6. The number of halogens is 1. The van der Waals surface area contributed by atoms with Gasteiger partial charge in [0, 0.05) is 25.4 Å². The van der Waals surface area contributed by atoms with Crippen molar-refractivity contribution in [3.05, 3.63) is 48.5 Å². The third kappa shape index (κ3) is 6.29. The van der Waals surface area contributed by atoms with Crippen molar-refractivity contribution in [1.29, 1.82) is 0 Å². The predicted octanol–water partition coefficient (Wildman–Crippen LogP) is 4.80. The molecule has 0 atom stereocenters. The van der Waals surface area contributed by atoms with Crippen LogP contribution in [0.15, 0.2) is 57.8 Å². The standard InChI is InChI=1S/C26H31N3O5S3.ClH/c30-24(28-31)26(12-14-29(15-13-26)18-19-6-7-19)37(32,33)21-10-8-20(9-11-21)34-16-3-17-35-25-27-22-4-1-2-5-23(22)36-25;/h1-2,4-5,8-11,19,31H,3,6-7,12-18H2,(H,28,30);1H. The molecule has 2 heterocycles. The van der Waals surface area contributed by atoms with Crippen LogP contribution in [-0.2, 0) is 14.6 Å². The van der Waals surface area contributed by atoms with Gasteiger partial charge in [0.1, 0.15) is 5.75 Å². The van der Waals surface area contributed by atoms with E-state index in [2.05, 4.69) is 16.0 Å². The minimum absolute atomic E-state index is 0. The van der Waals surface area contributed by atoms with E-state index in [4.69, 9.17) is 4.74 Å². The summed E-state index contributed by atoms with van der Waals surface area (Å²) in [7, 11) is -4.02. The molecule has 5 rings (SSSR count). The summed E-state index contributed by atoms with van der Waals surface area (Å²) in [6.45, 7) is 2.47. The maximum Gasteiger partial charge on any atom is 0.265 e. The Balaban J connectivity index is 0.00000336. The zero-order valence-electron chi connectivity index (χ0n) is 20.9. The van der Waals surface area contributed by atoms with Crippen molar-refractivity contribution in [3.8, 4) is 5.75 Å². The number of thiazole rings is 1. The van der Waals surface area contributed by atoms with Crippen molar-refractivity contribution in [2.45, 2.75) is 46.1 Å². The number of nitrogens with zero attached hydrogens (tertiary/aromatic N) is 2. The number of hydroxylamine groups is 1. The number of aromatic nitrogens is 1. The highest BCUT2D eigenvalue weighted by Crippen LogP contribution is 2.38. The molecule has 206 valence electrons. The smallest absolute Gasteiger partial charge is 0.265 e. The number of rotatable bonds is 11. The van der Waals surface area contributed by atoms with Crippen molar-refractivity contribution in [2.75, 3.05) is 32.0 Å². The maximum atomic E-state index is 13.6. The van der Waals surface area contributed by atoms with E-state index in [0.29, 0.717) is 31.4 Å². The van der Waals surface area contributed by atoms with Gasteiger partial charge in [0.2, 0.25) is 0 Å². The zero-order chi connectivity index (χ0) is 25.9. The molecule has 0 unspecified atom stereocenters. The molecule has 8 nitrogen and oxygen atoms in total. The number of likely N-dealkylation sites (tertiary alicyclic amines) is 1. The molecular weight excluding hydrogens is 566 g/mol. The van der Waals surface area contributed by atoms with Crippen LogP contribution in [0.1, 0.15) is 32.1 Å². The Morgan fingerprint density at radius 1 is 1.16 bits per heavy atom. The molecule has 2 N–H and O–H groups in total. The highest BCUT2D eigenvalue weighted by atomic mass is 35.5. The molecule has 2 aromatic carbocycles. The van der Waals surface area contributed by atoms with Crippen LogP contribution in [-0.4, -0.2) is 66.2 Å². The van der Waals surface area contributed by atoms with Crippen molar-refractivity contribution in [1.82, 2.24) is 15.4 Å². The first-order valence-electron chi connectivity index (χ1n) is 12.5. The largest absolute Gasteiger partial charge is 0.494 e. The number of benzene rings is 2. The summed E-state index contributed by atoms with van der Waals surface area (Å²) in [6.07, 6.45) is 3.55. The summed E-state index contributed by atoms with van der Waals surface area (Å²) in [5, 5.41) is 9.38. The van der Waals surface area contributed by atoms with Crippen LogP contribution in [0.25, 0.3) is 10.2 Å². The van der Waals surface area contributed by atoms with E-state index in [9.17, 15) is 18.4 Å². The molecule has 0 radical (unpaired) electrons. The van der Waals surface area contributed by atoms with Crippen LogP contribution in [0.5, 0.6) is 5.75 Å². The molecule has 1 aliphatic carbocycles. The van der Waals surface area contributed by atoms with Crippen LogP contribution < -0.4 is 10.2 Å². The molecule has 0 spiro atoms. The molecule has 38 heavy (non-hydrogen) atoms. The summed E-state index contributed by atoms with van der Waals surface area (Å²) >= 11 is 3.38. The van der Waals surface area contributed by atoms with Gasteiger partial charge in [0.05, 0.1) is 21.7 Å². The number of hydrogen-bond acceptors (Lipinski definition) is 9. The Labute approximate surface area is 237 Å². The van der Waals surface area contributed by atoms with Crippen LogP contribution >= 0.6 is 35.5 Å². The Bertz CT molecular complexity index is 1300. The lowest BCUT2D eigenvalue weighted by Crippen LogP contribution is -2.57. The van der Waals surface area contributed by atoms with Gasteiger partial charge in [-0.1, -0.05) is 23.9 Å². The van der Waals surface area contributed by atoms with E-state index < -0.39 is 20.5 Å². The van der Waals surface area contributed by atoms with Gasteiger partial charge in [-0.2, -0.15) is 0 Å². The number of fused-ring (bicyclic) bond motifs is 1. The Morgan fingerprint density at radius 2 is 1.87 bits per heavy atom. The van der Waals surface area contributed by atoms with E-state index in [-0.39, 0.29) is 30.1 Å². The van der Waals surface area contributed by atoms with Crippen molar-refractivity contribution < 1.29 is 23.2 Å². The van der Waals surface area contributed by atoms with Crippen LogP contribution in [0, 0.1) is 5.92 Å². The highest BCUT2D eigenvalue weighted by molar-refractivity contribution is 8.01. The van der Waals surface area contributed by atoms with Gasteiger partial charge in [0.25, 0.3) is 5.91 Å². The SMILES string of the molecule is Cl.O=C(NO)C1(S(=O)(=O)c2ccc(OCCCSc3nc4ccccc4s3)cc2)CCN(CC2CC2)CC1. The molecule has 1 aromatic heterocycles. The summed E-state index contributed by atoms with van der Waals surface area (Å²) in [6, 6.07) is 14.3. The summed E-state index contributed by atoms with van der Waals surface area (Å²) in [5.74, 6) is 1.27. The number of piperidine rings is 1. The lowest BCUT2D eigenvalue weighted by Gasteiger charge is -2.39. The molecule has 0 bridgehead atoms. The van der Waals surface area contributed by atoms with Crippen molar-refractivity contribution in [3.63, 3.8) is 0 Å². The van der Waals surface area contributed by atoms with E-state index in [1.807, 2.05) is 18.2 Å². The van der Waals surface area contributed by atoms with E-state index >= 15 is 0 Å². The van der Waals surface area contributed by atoms with Gasteiger partial charge in [-0.05, 0) is 74.4 Å². The second-order valence-corrected chi connectivity index (χ2v) is 14.3. The number of carbonyl (C=O) groups is 1. The third-order valence-corrected chi connectivity index (χ3v) is 11.9. The van der Waals surface area contributed by atoms with Gasteiger partial charge in [-0.25, -0.2) is 18.9 Å². The van der Waals surface area contributed by atoms with Crippen LogP contribution in [0.3, 0.4) is 0 Å². The van der Waals surface area contributed by atoms with Gasteiger partial charge in [-0.3, -0.25) is 10.0 Å². The minimum atomic E-state index is -4.02. The van der Waals surface area contributed by atoms with E-state index in [0.717, 1.165) is 28.6 Å². The number of hydrogen-bond donors (Lipinski definition) is 2. The van der Waals surface area contributed by atoms with E-state index in [1.54, 1.807) is 40.7 Å². The fourth-order valence-corrected chi connectivity index (χ4v) is 8.75. The third-order valence-electron chi connectivity index (χ3n) is 7.10. The first kappa shape index (κ1) is 29.1. The fraction of sp³-hybridized carbons (Fsp3) is 0.462. The number of carbonyl (C=O) groups excluding carboxylic acids is 1. The van der Waals surface area contributed by atoms with Gasteiger partial charge in [-0.15, -0.1) is 23.7 Å². The van der Waals surface area contributed by atoms with Crippen LogP contribution in [0.4, 0.5) is 0 Å². The molecule has 1 aliphatic heterocycles. The Kier molecular flexibility index (Phi) is 9.59. The van der Waals surface area contributed by atoms with Gasteiger partial charge >= 0.3 is 0 Å². The quantitative estimate of drug-likeness (QED) is 0.140. The number of amides is 1. The lowest BCUT2D eigenvalue weighted by atomic mass is 9.94. The molecule has 2 fully saturated rings. The van der Waals surface area contributed by atoms with E-state index in [1.165, 1.54) is 29.7 Å². The van der Waals surface area contributed by atoms with Crippen molar-refractivity contribution in [2.24, 2.45) is 5.92 Å². The molecule has 2 aliphatic rings. The second-order valence-electron chi connectivity index (χ2n) is 9.65. The van der Waals surface area contributed by atoms with Gasteiger partial charge < -0.3 is 9.64 Å². The first-order chi connectivity index (χ1) is 17.9. The molecular formula is C26H32ClN3O5S3. The number of ether oxygens (including phenoxy) is 1. The van der Waals surface area contributed by atoms with Crippen LogP contribution in [0.2, 0.25) is 0 Å². The molecule has 1 saturated heterocycles. The first-order valence-corrected chi connectivity index (χ1v) is 15.8. The average molecular weight is 598 g/mol. The number of thioether (sulfide) groups is 1. The second kappa shape index (κ2) is 12.5. The molecule has 1 amide bonds. The Morgan fingerprint density at radius 3 is 2.53 bits per heavy atom. The average Bonchev–Trinajstić information content (AvgIpc) is 3.64. The molecule has 1 saturated carbocycles. The molecule has 12 heteroatoms. The minimum Gasteiger partial charge on any atom is -0.494 e. The number of sulfone groups is 1. The topological polar surface area (TPSA) is 109 Å². The summed E-state index contributed by atoms with van der Waals surface area (Å²) < 4.78 is 33.6. The lowest BCUT2D eigenvalue weighted by molar-refractivity contribution is -0.133. The predicted molar refractivity (Wildman–Crippen MR) is 152 cm³/mol. The van der Waals surface area contributed by atoms with Gasteiger partial charge in [0.15, 0.2) is 18.9 Å². The Hall–Kier alpha value is -1.89. The fourth-order valence-electron chi connectivity index (χ4n) is 4.74.